The largest absolute Gasteiger partial charge is 0.491 e. The van der Waals surface area contributed by atoms with Crippen LogP contribution in [0.5, 0.6) is 5.75 Å². The fraction of sp³-hybridized carbons (Fsp3) is 0.600. The second-order valence-electron chi connectivity index (χ2n) is 5.94. The van der Waals surface area contributed by atoms with Crippen molar-refractivity contribution in [2.24, 2.45) is 0 Å². The standard InChI is InChI=1S/C15H25NO4S/c1-12-6-5-7-14(8-12)20-10-13(17)9-16-11-15(2,3)21(4,18)19/h5-8,13,16-17H,9-11H2,1-4H3. The van der Waals surface area contributed by atoms with Gasteiger partial charge in [0.2, 0.25) is 0 Å². The minimum atomic E-state index is -3.14. The second-order valence-corrected chi connectivity index (χ2v) is 8.59. The summed E-state index contributed by atoms with van der Waals surface area (Å²) >= 11 is 0. The molecule has 6 heteroatoms. The molecule has 0 saturated heterocycles. The van der Waals surface area contributed by atoms with E-state index < -0.39 is 20.7 Å². The predicted octanol–water partition coefficient (Wildman–Crippen LogP) is 1.15. The van der Waals surface area contributed by atoms with Crippen molar-refractivity contribution in [2.45, 2.75) is 31.6 Å². The molecule has 0 saturated carbocycles. The molecule has 1 rings (SSSR count). The van der Waals surface area contributed by atoms with Gasteiger partial charge in [-0.2, -0.15) is 0 Å². The summed E-state index contributed by atoms with van der Waals surface area (Å²) in [7, 11) is -3.14. The van der Waals surface area contributed by atoms with Crippen LogP contribution in [0.4, 0.5) is 0 Å². The van der Waals surface area contributed by atoms with Crippen LogP contribution in [0.3, 0.4) is 0 Å². The van der Waals surface area contributed by atoms with E-state index in [1.807, 2.05) is 31.2 Å². The Morgan fingerprint density at radius 2 is 2.05 bits per heavy atom. The van der Waals surface area contributed by atoms with Gasteiger partial charge in [-0.05, 0) is 38.5 Å². The molecule has 0 aliphatic carbocycles. The van der Waals surface area contributed by atoms with Crippen LogP contribution >= 0.6 is 0 Å². The maximum absolute atomic E-state index is 11.5. The number of benzene rings is 1. The molecule has 0 bridgehead atoms. The molecule has 0 amide bonds. The Labute approximate surface area is 127 Å². The third-order valence-electron chi connectivity index (χ3n) is 3.37. The van der Waals surface area contributed by atoms with Crippen molar-refractivity contribution in [3.63, 3.8) is 0 Å². The first-order chi connectivity index (χ1) is 9.62. The summed E-state index contributed by atoms with van der Waals surface area (Å²) in [5.74, 6) is 0.713. The lowest BCUT2D eigenvalue weighted by Gasteiger charge is -2.23. The first-order valence-corrected chi connectivity index (χ1v) is 8.79. The van der Waals surface area contributed by atoms with Crippen LogP contribution < -0.4 is 10.1 Å². The molecule has 120 valence electrons. The average Bonchev–Trinajstić information content (AvgIpc) is 2.35. The van der Waals surface area contributed by atoms with Gasteiger partial charge in [-0.25, -0.2) is 8.42 Å². The van der Waals surface area contributed by atoms with Gasteiger partial charge in [0.1, 0.15) is 18.5 Å². The van der Waals surface area contributed by atoms with Gasteiger partial charge in [0, 0.05) is 19.3 Å². The smallest absolute Gasteiger partial charge is 0.153 e. The van der Waals surface area contributed by atoms with Gasteiger partial charge in [0.15, 0.2) is 9.84 Å². The molecular weight excluding hydrogens is 290 g/mol. The number of rotatable bonds is 8. The van der Waals surface area contributed by atoms with E-state index >= 15 is 0 Å². The van der Waals surface area contributed by atoms with Gasteiger partial charge in [-0.15, -0.1) is 0 Å². The van der Waals surface area contributed by atoms with Gasteiger partial charge >= 0.3 is 0 Å². The fourth-order valence-corrected chi connectivity index (χ4v) is 1.99. The lowest BCUT2D eigenvalue weighted by Crippen LogP contribution is -2.44. The molecule has 0 spiro atoms. The first kappa shape index (κ1) is 17.9. The van der Waals surface area contributed by atoms with Gasteiger partial charge in [-0.3, -0.25) is 0 Å². The molecule has 1 atom stereocenters. The van der Waals surface area contributed by atoms with Crippen LogP contribution in [-0.2, 0) is 9.84 Å². The molecule has 2 N–H and O–H groups in total. The first-order valence-electron chi connectivity index (χ1n) is 6.90. The van der Waals surface area contributed by atoms with Crippen LogP contribution in [0.25, 0.3) is 0 Å². The van der Waals surface area contributed by atoms with Crippen LogP contribution in [0.1, 0.15) is 19.4 Å². The number of ether oxygens (including phenoxy) is 1. The highest BCUT2D eigenvalue weighted by Gasteiger charge is 2.29. The van der Waals surface area contributed by atoms with Crippen molar-refractivity contribution in [3.05, 3.63) is 29.8 Å². The van der Waals surface area contributed by atoms with Crippen molar-refractivity contribution < 1.29 is 18.3 Å². The van der Waals surface area contributed by atoms with E-state index in [1.54, 1.807) is 13.8 Å². The monoisotopic (exact) mass is 315 g/mol. The van der Waals surface area contributed by atoms with Gasteiger partial charge < -0.3 is 15.2 Å². The third-order valence-corrected chi connectivity index (χ3v) is 5.52. The Kier molecular flexibility index (Phi) is 6.19. The zero-order valence-electron chi connectivity index (χ0n) is 13.1. The Morgan fingerprint density at radius 1 is 1.38 bits per heavy atom. The molecule has 0 aliphatic heterocycles. The Bertz CT molecular complexity index is 555. The number of sulfone groups is 1. The van der Waals surface area contributed by atoms with E-state index in [0.717, 1.165) is 5.56 Å². The number of nitrogens with one attached hydrogen (secondary N) is 1. The zero-order valence-corrected chi connectivity index (χ0v) is 13.9. The summed E-state index contributed by atoms with van der Waals surface area (Å²) in [6.07, 6.45) is 0.521. The van der Waals surface area contributed by atoms with Crippen molar-refractivity contribution >= 4 is 9.84 Å². The minimum Gasteiger partial charge on any atom is -0.491 e. The predicted molar refractivity (Wildman–Crippen MR) is 84.5 cm³/mol. The van der Waals surface area contributed by atoms with Crippen molar-refractivity contribution in [1.29, 1.82) is 0 Å². The van der Waals surface area contributed by atoms with Crippen molar-refractivity contribution in [2.75, 3.05) is 26.0 Å². The van der Waals surface area contributed by atoms with Gasteiger partial charge in [-0.1, -0.05) is 12.1 Å². The zero-order chi connectivity index (χ0) is 16.1. The normalized spacial score (nSPS) is 14.0. The Morgan fingerprint density at radius 3 is 2.62 bits per heavy atom. The highest BCUT2D eigenvalue weighted by atomic mass is 32.2. The number of aliphatic hydroxyl groups excluding tert-OH is 1. The van der Waals surface area contributed by atoms with Gasteiger partial charge in [0.05, 0.1) is 4.75 Å². The topological polar surface area (TPSA) is 75.6 Å². The SMILES string of the molecule is Cc1cccc(OCC(O)CNCC(C)(C)S(C)(=O)=O)c1. The minimum absolute atomic E-state index is 0.162. The Balaban J connectivity index is 2.33. The molecule has 1 aromatic rings. The van der Waals surface area contributed by atoms with E-state index in [4.69, 9.17) is 4.74 Å². The highest BCUT2D eigenvalue weighted by Crippen LogP contribution is 2.14. The molecule has 0 fully saturated rings. The molecule has 0 heterocycles. The lowest BCUT2D eigenvalue weighted by atomic mass is 10.2. The quantitative estimate of drug-likeness (QED) is 0.752. The van der Waals surface area contributed by atoms with E-state index in [0.29, 0.717) is 5.75 Å². The molecule has 0 aliphatic rings. The summed E-state index contributed by atoms with van der Waals surface area (Å²) in [5, 5.41) is 12.8. The molecule has 5 nitrogen and oxygen atoms in total. The van der Waals surface area contributed by atoms with Crippen molar-refractivity contribution in [1.82, 2.24) is 5.32 Å². The van der Waals surface area contributed by atoms with Crippen LogP contribution in [0.15, 0.2) is 24.3 Å². The summed E-state index contributed by atoms with van der Waals surface area (Å²) in [4.78, 5) is 0. The highest BCUT2D eigenvalue weighted by molar-refractivity contribution is 7.92. The number of aryl methyl sites for hydroxylation is 1. The van der Waals surface area contributed by atoms with E-state index in [2.05, 4.69) is 5.32 Å². The lowest BCUT2D eigenvalue weighted by molar-refractivity contribution is 0.106. The molecule has 1 aromatic carbocycles. The Hall–Kier alpha value is -1.11. The molecule has 1 unspecified atom stereocenters. The molecular formula is C15H25NO4S. The van der Waals surface area contributed by atoms with Crippen LogP contribution in [-0.4, -0.2) is 50.3 Å². The summed E-state index contributed by atoms with van der Waals surface area (Å²) < 4.78 is 27.7. The van der Waals surface area contributed by atoms with E-state index in [-0.39, 0.29) is 19.7 Å². The number of hydrogen-bond donors (Lipinski definition) is 2. The van der Waals surface area contributed by atoms with Crippen LogP contribution in [0.2, 0.25) is 0 Å². The average molecular weight is 315 g/mol. The second kappa shape index (κ2) is 7.24. The molecule has 0 aromatic heterocycles. The fourth-order valence-electron chi connectivity index (χ4n) is 1.63. The maximum atomic E-state index is 11.5. The van der Waals surface area contributed by atoms with Crippen LogP contribution in [0, 0.1) is 6.92 Å². The van der Waals surface area contributed by atoms with E-state index in [1.165, 1.54) is 6.26 Å². The summed E-state index contributed by atoms with van der Waals surface area (Å²) in [6.45, 7) is 6.02. The molecule has 21 heavy (non-hydrogen) atoms. The molecule has 0 radical (unpaired) electrons. The van der Waals surface area contributed by atoms with E-state index in [9.17, 15) is 13.5 Å². The maximum Gasteiger partial charge on any atom is 0.153 e. The van der Waals surface area contributed by atoms with Crippen molar-refractivity contribution in [3.8, 4) is 5.75 Å². The third kappa shape index (κ3) is 6.03. The van der Waals surface area contributed by atoms with Gasteiger partial charge in [0.25, 0.3) is 0 Å². The summed E-state index contributed by atoms with van der Waals surface area (Å²) in [6, 6.07) is 7.59. The number of aliphatic hydroxyl groups is 1. The number of hydrogen-bond acceptors (Lipinski definition) is 5. The summed E-state index contributed by atoms with van der Waals surface area (Å²) in [5.41, 5.74) is 1.09.